The molecule has 230 valence electrons. The SMILES string of the molecule is Nc1ccncc1.[O]=[Sb]([OH])([Br])[O]Cc1ccccc1.[O]=[Sb]([OH])([OH])[Br].[O]=[Sb]([OH])([OH])[Br].[O]=[Sb]([OH])([OH])[Br].[O]=[Sb]([OH])([OH])[Br]. The molecule has 1 atom stereocenters. The first kappa shape index (κ1) is 49.1. The fourth-order valence-corrected chi connectivity index (χ4v) is 2.66. The summed E-state index contributed by atoms with van der Waals surface area (Å²) in [5.41, 5.74) is 6.97. The molecule has 0 radical (unpaired) electrons. The van der Waals surface area contributed by atoms with Crippen LogP contribution in [0.5, 0.6) is 0 Å². The molecule has 0 saturated heterocycles. The van der Waals surface area contributed by atoms with E-state index in [4.69, 9.17) is 39.2 Å². The standard InChI is InChI=1S/C7H7O.C5H6N2.5BrH.9H2O.5O.5Sb/c8-6-7-4-2-1-3-5-7;6-5-1-3-7-4-2-5;;;;;;;;;;;;;;;;;;;;;;;;/h1-5H,6H2;1-4H,(H2,6,7);5*1H;9*1H2;;;;;;;;;;/q-1;;;;;;;;;;;;;;;;;;;;;5*+3/p-14. The minimum absolute atomic E-state index is 0.178. The summed E-state index contributed by atoms with van der Waals surface area (Å²) in [5.74, 6) is 0. The maximum atomic E-state index is 10.7. The molecule has 1 heterocycles. The summed E-state index contributed by atoms with van der Waals surface area (Å²) in [6.07, 6.45) is 3.32. The Labute approximate surface area is 276 Å². The van der Waals surface area contributed by atoms with E-state index >= 15 is 0 Å². The molecular formula is C12H22Br5N2O15Sb5. The molecule has 39 heavy (non-hydrogen) atoms. The number of anilines is 1. The number of benzene rings is 1. The Morgan fingerprint density at radius 2 is 0.897 bits per heavy atom. The Kier molecular flexibility index (Phi) is 32.1. The zero-order chi connectivity index (χ0) is 32.1. The third kappa shape index (κ3) is 99.7. The third-order valence-electron chi connectivity index (χ3n) is 1.94. The van der Waals surface area contributed by atoms with E-state index in [2.05, 4.69) is 68.0 Å². The summed E-state index contributed by atoms with van der Waals surface area (Å²) >= 11 is -11.4. The van der Waals surface area contributed by atoms with Crippen molar-refractivity contribution in [2.24, 2.45) is 0 Å². The van der Waals surface area contributed by atoms with E-state index < -0.39 is 86.9 Å². The van der Waals surface area contributed by atoms with E-state index in [0.29, 0.717) is 0 Å². The van der Waals surface area contributed by atoms with Gasteiger partial charge in [0.25, 0.3) is 0 Å². The van der Waals surface area contributed by atoms with Crippen LogP contribution in [0.15, 0.2) is 54.9 Å². The Bertz CT molecular complexity index is 1010. The molecule has 17 nitrogen and oxygen atoms in total. The topological polar surface area (TPSA) is 316 Å². The van der Waals surface area contributed by atoms with Crippen molar-refractivity contribution in [1.29, 1.82) is 0 Å². The van der Waals surface area contributed by atoms with Gasteiger partial charge in [0, 0.05) is 18.1 Å². The Balaban J connectivity index is -0.000000198. The molecular weight excluding hydrogens is 1420 g/mol. The van der Waals surface area contributed by atoms with Crippen LogP contribution >= 0.6 is 63.0 Å². The third-order valence-corrected chi connectivity index (χ3v) is 4.59. The average molecular weight is 1440 g/mol. The molecule has 0 bridgehead atoms. The number of aromatic nitrogens is 1. The van der Waals surface area contributed by atoms with Crippen molar-refractivity contribution in [3.63, 3.8) is 0 Å². The van der Waals surface area contributed by atoms with E-state index in [9.17, 15) is 15.1 Å². The predicted molar refractivity (Wildman–Crippen MR) is 157 cm³/mol. The first-order valence-electron chi connectivity index (χ1n) is 8.34. The number of nitrogens with zero attached hydrogens (tertiary/aromatic N) is 1. The fraction of sp³-hybridized carbons (Fsp3) is 0.0833. The van der Waals surface area contributed by atoms with Gasteiger partial charge in [-0.2, -0.15) is 0 Å². The van der Waals surface area contributed by atoms with Crippen LogP contribution in [0.1, 0.15) is 5.56 Å². The molecule has 1 unspecified atom stereocenters. The first-order valence-corrected chi connectivity index (χ1v) is 53.5. The quantitative estimate of drug-likeness (QED) is 0.166. The van der Waals surface area contributed by atoms with Gasteiger partial charge in [-0.1, -0.05) is 0 Å². The number of halogens is 5. The number of pyridine rings is 1. The van der Waals surface area contributed by atoms with Crippen LogP contribution in [-0.2, 0) is 24.7 Å². The molecule has 2 rings (SSSR count). The molecule has 0 amide bonds. The van der Waals surface area contributed by atoms with E-state index in [0.717, 1.165) is 11.3 Å². The number of nitrogen functional groups attached to an aromatic ring is 1. The van der Waals surface area contributed by atoms with Crippen LogP contribution in [0, 0.1) is 0 Å². The van der Waals surface area contributed by atoms with E-state index in [1.165, 1.54) is 0 Å². The van der Waals surface area contributed by atoms with Crippen molar-refractivity contribution in [1.82, 2.24) is 4.98 Å². The molecule has 2 aromatic rings. The summed E-state index contributed by atoms with van der Waals surface area (Å²) in [7, 11) is 0. The van der Waals surface area contributed by atoms with Gasteiger partial charge in [0.15, 0.2) is 0 Å². The van der Waals surface area contributed by atoms with Crippen LogP contribution in [0.2, 0.25) is 0 Å². The van der Waals surface area contributed by atoms with Crippen molar-refractivity contribution in [2.45, 2.75) is 6.61 Å². The molecule has 0 saturated carbocycles. The van der Waals surface area contributed by atoms with Gasteiger partial charge in [0.1, 0.15) is 0 Å². The average Bonchev–Trinajstić information content (AvgIpc) is 2.63. The van der Waals surface area contributed by atoms with Crippen LogP contribution in [0.4, 0.5) is 5.69 Å². The number of hydrogen-bond donors (Lipinski definition) is 10. The summed E-state index contributed by atoms with van der Waals surface area (Å²) in [4.78, 5) is 3.77. The Morgan fingerprint density at radius 3 is 1.10 bits per heavy atom. The molecule has 0 aliphatic carbocycles. The summed E-state index contributed by atoms with van der Waals surface area (Å²) < 4.78 is 123. The van der Waals surface area contributed by atoms with Crippen molar-refractivity contribution in [3.8, 4) is 0 Å². The maximum absolute atomic E-state index is 10.7. The molecule has 0 fully saturated rings. The normalized spacial score (nSPS) is 12.4. The number of nitrogens with two attached hydrogens (primary N) is 1. The van der Waals surface area contributed by atoms with Crippen molar-refractivity contribution in [3.05, 3.63) is 60.4 Å². The second-order valence-corrected chi connectivity index (χ2v) is 50.3. The van der Waals surface area contributed by atoms with Gasteiger partial charge in [-0.3, -0.25) is 4.98 Å². The van der Waals surface area contributed by atoms with Crippen LogP contribution in [0.3, 0.4) is 0 Å². The summed E-state index contributed by atoms with van der Waals surface area (Å²) in [6.45, 7) is 0.178. The molecule has 0 spiro atoms. The van der Waals surface area contributed by atoms with Crippen molar-refractivity contribution >= 4 is 156 Å². The van der Waals surface area contributed by atoms with E-state index in [1.54, 1.807) is 24.5 Å². The predicted octanol–water partition coefficient (Wildman–Crippen LogP) is -0.952. The first-order chi connectivity index (χ1) is 17.0. The molecule has 1 aromatic heterocycles. The van der Waals surface area contributed by atoms with Gasteiger partial charge < -0.3 is 5.73 Å². The van der Waals surface area contributed by atoms with Crippen LogP contribution in [-0.4, -0.2) is 122 Å². The van der Waals surface area contributed by atoms with Gasteiger partial charge in [0.2, 0.25) is 0 Å². The molecule has 1 aromatic carbocycles. The summed E-state index contributed by atoms with van der Waals surface area (Å²) in [6, 6.07) is 12.8. The zero-order valence-corrected chi connectivity index (χ0v) is 39.2. The van der Waals surface area contributed by atoms with Gasteiger partial charge >= 0.3 is 241 Å². The Hall–Kier alpha value is 3.26. The monoisotopic (exact) mass is 1430 g/mol. The molecule has 0 aliphatic rings. The van der Waals surface area contributed by atoms with E-state index in [-0.39, 0.29) is 6.61 Å². The second-order valence-electron chi connectivity index (χ2n) is 5.38. The van der Waals surface area contributed by atoms with Gasteiger partial charge in [-0.15, -0.1) is 0 Å². The number of rotatable bonds is 3. The number of hydrogen-bond acceptors (Lipinski definition) is 8. The van der Waals surface area contributed by atoms with Gasteiger partial charge in [-0.05, 0) is 12.1 Å². The molecule has 11 N–H and O–H groups in total. The second kappa shape index (κ2) is 25.5. The van der Waals surface area contributed by atoms with Crippen LogP contribution in [0.25, 0.3) is 0 Å². The molecule has 0 aliphatic heterocycles. The van der Waals surface area contributed by atoms with Crippen LogP contribution < -0.4 is 5.73 Å². The van der Waals surface area contributed by atoms with Crippen molar-refractivity contribution in [2.75, 3.05) is 5.73 Å². The minimum atomic E-state index is -4.54. The zero-order valence-electron chi connectivity index (χ0n) is 18.5. The fourth-order valence-electron chi connectivity index (χ4n) is 1.09. The Morgan fingerprint density at radius 1 is 0.615 bits per heavy atom. The summed E-state index contributed by atoms with van der Waals surface area (Å²) in [5, 5.41) is 0. The van der Waals surface area contributed by atoms with Gasteiger partial charge in [0.05, 0.1) is 0 Å². The van der Waals surface area contributed by atoms with Crippen molar-refractivity contribution < 1.29 is 48.6 Å². The van der Waals surface area contributed by atoms with E-state index in [1.807, 2.05) is 30.3 Å². The molecule has 27 heteroatoms. The van der Waals surface area contributed by atoms with Gasteiger partial charge in [-0.25, -0.2) is 0 Å².